The van der Waals surface area contributed by atoms with Crippen molar-refractivity contribution in [3.05, 3.63) is 101 Å². The number of hydrogen-bond donors (Lipinski definition) is 0. The van der Waals surface area contributed by atoms with Gasteiger partial charge in [0.05, 0.1) is 17.4 Å². The molecule has 0 N–H and O–H groups in total. The molecule has 0 aliphatic carbocycles. The van der Waals surface area contributed by atoms with Crippen LogP contribution in [-0.2, 0) is 12.3 Å². The van der Waals surface area contributed by atoms with E-state index in [1.807, 2.05) is 77.3 Å². The Kier molecular flexibility index (Phi) is 4.57. The minimum absolute atomic E-state index is 0.0619. The van der Waals surface area contributed by atoms with Crippen molar-refractivity contribution in [1.82, 2.24) is 24.1 Å². The van der Waals surface area contributed by atoms with Crippen molar-refractivity contribution in [3.8, 4) is 0 Å². The van der Waals surface area contributed by atoms with Crippen molar-refractivity contribution in [2.24, 2.45) is 0 Å². The van der Waals surface area contributed by atoms with Crippen LogP contribution in [0.15, 0.2) is 89.1 Å². The number of thioether (sulfide) groups is 1. The van der Waals surface area contributed by atoms with Gasteiger partial charge in [0.15, 0.2) is 5.16 Å². The van der Waals surface area contributed by atoms with E-state index in [2.05, 4.69) is 15.2 Å². The van der Waals surface area contributed by atoms with Crippen LogP contribution in [0.1, 0.15) is 11.1 Å². The van der Waals surface area contributed by atoms with Crippen molar-refractivity contribution in [3.63, 3.8) is 0 Å². The lowest BCUT2D eigenvalue weighted by Gasteiger charge is -2.11. The highest BCUT2D eigenvalue weighted by Gasteiger charge is 2.17. The molecule has 0 aliphatic rings. The summed E-state index contributed by atoms with van der Waals surface area (Å²) < 4.78 is 3.67. The number of pyridine rings is 1. The summed E-state index contributed by atoms with van der Waals surface area (Å²) >= 11 is 1.58. The zero-order chi connectivity index (χ0) is 19.6. The van der Waals surface area contributed by atoms with Crippen molar-refractivity contribution < 1.29 is 0 Å². The summed E-state index contributed by atoms with van der Waals surface area (Å²) in [5.41, 5.74) is 2.90. The minimum Gasteiger partial charge on any atom is -0.272 e. The van der Waals surface area contributed by atoms with Crippen molar-refractivity contribution >= 4 is 28.4 Å². The van der Waals surface area contributed by atoms with Crippen molar-refractivity contribution in [2.45, 2.75) is 17.5 Å². The number of fused-ring (bicyclic) bond motifs is 3. The Bertz CT molecular complexity index is 1350. The highest BCUT2D eigenvalue weighted by atomic mass is 32.2. The highest BCUT2D eigenvalue weighted by molar-refractivity contribution is 7.98. The van der Waals surface area contributed by atoms with E-state index >= 15 is 0 Å². The van der Waals surface area contributed by atoms with Gasteiger partial charge < -0.3 is 0 Å². The first kappa shape index (κ1) is 17.6. The maximum absolute atomic E-state index is 13.2. The maximum atomic E-state index is 13.2. The summed E-state index contributed by atoms with van der Waals surface area (Å²) in [4.78, 5) is 17.4. The second-order valence-corrected chi connectivity index (χ2v) is 7.60. The van der Waals surface area contributed by atoms with Crippen LogP contribution in [0.3, 0.4) is 0 Å². The maximum Gasteiger partial charge on any atom is 0.263 e. The molecule has 0 saturated heterocycles. The number of rotatable bonds is 5. The quantitative estimate of drug-likeness (QED) is 0.421. The van der Waals surface area contributed by atoms with Gasteiger partial charge in [-0.3, -0.25) is 18.7 Å². The standard InChI is InChI=1S/C22H17N5OS/c28-20-18-10-4-5-11-19(18)27-21(26(20)14-16-7-2-1-3-8-16)24-25-22(27)29-15-17-9-6-12-23-13-17/h1-13H,14-15H2. The summed E-state index contributed by atoms with van der Waals surface area (Å²) in [5, 5.41) is 10.2. The Hall–Kier alpha value is -3.45. The molecule has 0 atom stereocenters. The van der Waals surface area contributed by atoms with Gasteiger partial charge in [0.1, 0.15) is 0 Å². The molecule has 0 spiro atoms. The second kappa shape index (κ2) is 7.52. The Labute approximate surface area is 170 Å². The molecule has 6 nitrogen and oxygen atoms in total. The topological polar surface area (TPSA) is 65.1 Å². The Morgan fingerprint density at radius 1 is 0.862 bits per heavy atom. The molecule has 0 amide bonds. The third-order valence-corrected chi connectivity index (χ3v) is 5.75. The van der Waals surface area contributed by atoms with Gasteiger partial charge in [-0.05, 0) is 29.3 Å². The van der Waals surface area contributed by atoms with Gasteiger partial charge in [0.25, 0.3) is 5.56 Å². The molecule has 2 aromatic carbocycles. The summed E-state index contributed by atoms with van der Waals surface area (Å²) in [5.74, 6) is 1.27. The van der Waals surface area contributed by atoms with E-state index in [1.165, 1.54) is 0 Å². The van der Waals surface area contributed by atoms with Gasteiger partial charge in [0, 0.05) is 18.1 Å². The monoisotopic (exact) mass is 399 g/mol. The number of hydrogen-bond acceptors (Lipinski definition) is 5. The van der Waals surface area contributed by atoms with Crippen molar-refractivity contribution in [1.29, 1.82) is 0 Å². The van der Waals surface area contributed by atoms with Crippen molar-refractivity contribution in [2.75, 3.05) is 0 Å². The fourth-order valence-electron chi connectivity index (χ4n) is 3.37. The second-order valence-electron chi connectivity index (χ2n) is 6.66. The van der Waals surface area contributed by atoms with Gasteiger partial charge in [-0.1, -0.05) is 60.3 Å². The molecule has 3 aromatic heterocycles. The average Bonchev–Trinajstić information content (AvgIpc) is 3.21. The van der Waals surface area contributed by atoms with Crippen LogP contribution < -0.4 is 5.56 Å². The molecule has 142 valence electrons. The van der Waals surface area contributed by atoms with Crippen LogP contribution in [-0.4, -0.2) is 24.1 Å². The summed E-state index contributed by atoms with van der Waals surface area (Å²) in [6, 6.07) is 21.5. The van der Waals surface area contributed by atoms with E-state index in [9.17, 15) is 4.79 Å². The van der Waals surface area contributed by atoms with E-state index in [0.29, 0.717) is 17.7 Å². The number of benzene rings is 2. The molecular weight excluding hydrogens is 382 g/mol. The molecule has 0 bridgehead atoms. The molecule has 0 aliphatic heterocycles. The summed E-state index contributed by atoms with van der Waals surface area (Å²) in [6.45, 7) is 0.444. The molecule has 29 heavy (non-hydrogen) atoms. The smallest absolute Gasteiger partial charge is 0.263 e. The Morgan fingerprint density at radius 3 is 2.48 bits per heavy atom. The zero-order valence-electron chi connectivity index (χ0n) is 15.5. The molecule has 0 radical (unpaired) electrons. The van der Waals surface area contributed by atoms with E-state index in [0.717, 1.165) is 27.6 Å². The first-order valence-corrected chi connectivity index (χ1v) is 10.2. The van der Waals surface area contributed by atoms with Gasteiger partial charge >= 0.3 is 0 Å². The van der Waals surface area contributed by atoms with Crippen LogP contribution in [0.4, 0.5) is 0 Å². The Morgan fingerprint density at radius 2 is 1.66 bits per heavy atom. The number of aromatic nitrogens is 5. The predicted molar refractivity (Wildman–Crippen MR) is 114 cm³/mol. The van der Waals surface area contributed by atoms with E-state index in [-0.39, 0.29) is 5.56 Å². The van der Waals surface area contributed by atoms with E-state index in [4.69, 9.17) is 0 Å². The van der Waals surface area contributed by atoms with Gasteiger partial charge in [0.2, 0.25) is 5.78 Å². The zero-order valence-corrected chi connectivity index (χ0v) is 16.3. The fraction of sp³-hybridized carbons (Fsp3) is 0.0909. The van der Waals surface area contributed by atoms with Gasteiger partial charge in [-0.2, -0.15) is 0 Å². The van der Waals surface area contributed by atoms with Gasteiger partial charge in [-0.25, -0.2) is 0 Å². The Balaban J connectivity index is 1.66. The fourth-order valence-corrected chi connectivity index (χ4v) is 4.24. The molecule has 7 heteroatoms. The molecule has 5 aromatic rings. The summed E-state index contributed by atoms with van der Waals surface area (Å²) in [6.07, 6.45) is 3.61. The van der Waals surface area contributed by atoms with Crippen LogP contribution in [0.25, 0.3) is 16.7 Å². The molecule has 0 fully saturated rings. The summed E-state index contributed by atoms with van der Waals surface area (Å²) in [7, 11) is 0. The van der Waals surface area contributed by atoms with E-state index in [1.54, 1.807) is 22.5 Å². The van der Waals surface area contributed by atoms with E-state index < -0.39 is 0 Å². The third-order valence-electron chi connectivity index (χ3n) is 4.75. The van der Waals surface area contributed by atoms with Crippen LogP contribution >= 0.6 is 11.8 Å². The normalized spacial score (nSPS) is 11.3. The van der Waals surface area contributed by atoms with Crippen LogP contribution in [0, 0.1) is 0 Å². The minimum atomic E-state index is -0.0619. The lowest BCUT2D eigenvalue weighted by Crippen LogP contribution is -2.24. The predicted octanol–water partition coefficient (Wildman–Crippen LogP) is 3.78. The number of nitrogens with zero attached hydrogens (tertiary/aromatic N) is 5. The average molecular weight is 399 g/mol. The van der Waals surface area contributed by atoms with Crippen LogP contribution in [0.5, 0.6) is 0 Å². The lowest BCUT2D eigenvalue weighted by molar-refractivity contribution is 0.764. The lowest BCUT2D eigenvalue weighted by atomic mass is 10.2. The molecule has 0 saturated carbocycles. The number of para-hydroxylation sites is 1. The molecule has 0 unspecified atom stereocenters. The molecule has 3 heterocycles. The van der Waals surface area contributed by atoms with Gasteiger partial charge in [-0.15, -0.1) is 10.2 Å². The van der Waals surface area contributed by atoms with Crippen LogP contribution in [0.2, 0.25) is 0 Å². The largest absolute Gasteiger partial charge is 0.272 e. The highest BCUT2D eigenvalue weighted by Crippen LogP contribution is 2.24. The third kappa shape index (κ3) is 3.30. The molecular formula is C22H17N5OS. The first-order chi connectivity index (χ1) is 14.3. The molecule has 5 rings (SSSR count). The first-order valence-electron chi connectivity index (χ1n) is 9.23. The SMILES string of the molecule is O=c1c2ccccc2n2c(SCc3cccnc3)nnc2n1Cc1ccccc1.